The molecule has 1 aromatic heterocycles. The Kier molecular flexibility index (Phi) is 3.93. The second kappa shape index (κ2) is 5.83. The summed E-state index contributed by atoms with van der Waals surface area (Å²) in [6.45, 7) is 2.07. The first-order valence-electron chi connectivity index (χ1n) is 5.93. The summed E-state index contributed by atoms with van der Waals surface area (Å²) in [5.41, 5.74) is 3.09. The largest absolute Gasteiger partial charge is 0.377 e. The van der Waals surface area contributed by atoms with E-state index in [0.717, 1.165) is 16.9 Å². The van der Waals surface area contributed by atoms with Crippen molar-refractivity contribution in [3.63, 3.8) is 0 Å². The van der Waals surface area contributed by atoms with Gasteiger partial charge in [-0.1, -0.05) is 18.2 Å². The highest BCUT2D eigenvalue weighted by atomic mass is 14.9. The highest BCUT2D eigenvalue weighted by Gasteiger charge is 2.05. The molecule has 0 fully saturated rings. The van der Waals surface area contributed by atoms with Gasteiger partial charge in [-0.25, -0.2) is 0 Å². The minimum Gasteiger partial charge on any atom is -0.377 e. The number of pyridine rings is 1. The lowest BCUT2D eigenvalue weighted by atomic mass is 10.1. The molecule has 90 valence electrons. The van der Waals surface area contributed by atoms with Crippen LogP contribution in [0.25, 0.3) is 0 Å². The first-order valence-corrected chi connectivity index (χ1v) is 5.93. The molecule has 1 heterocycles. The maximum Gasteiger partial charge on any atom is 0.0669 e. The van der Waals surface area contributed by atoms with Crippen molar-refractivity contribution in [2.24, 2.45) is 0 Å². The number of rotatable bonds is 4. The molecule has 0 amide bonds. The number of nitriles is 1. The molecule has 0 bridgehead atoms. The molecule has 0 spiro atoms. The average molecular weight is 237 g/mol. The second-order valence-electron chi connectivity index (χ2n) is 4.15. The van der Waals surface area contributed by atoms with Crippen molar-refractivity contribution < 1.29 is 0 Å². The van der Waals surface area contributed by atoms with Gasteiger partial charge in [0.05, 0.1) is 24.2 Å². The number of nitrogens with one attached hydrogen (secondary N) is 1. The molecule has 2 aromatic rings. The molecule has 0 aliphatic rings. The lowest BCUT2D eigenvalue weighted by Crippen LogP contribution is -2.07. The molecular weight excluding hydrogens is 222 g/mol. The molecule has 18 heavy (non-hydrogen) atoms. The molecule has 3 heteroatoms. The number of aromatic nitrogens is 1. The van der Waals surface area contributed by atoms with E-state index in [2.05, 4.69) is 23.3 Å². The molecule has 2 rings (SSSR count). The predicted molar refractivity (Wildman–Crippen MR) is 72.0 cm³/mol. The molecule has 0 saturated heterocycles. The lowest BCUT2D eigenvalue weighted by molar-refractivity contribution is 0.839. The van der Waals surface area contributed by atoms with Gasteiger partial charge in [0, 0.05) is 11.9 Å². The fourth-order valence-electron chi connectivity index (χ4n) is 1.77. The normalized spacial score (nSPS) is 11.6. The van der Waals surface area contributed by atoms with E-state index in [4.69, 9.17) is 5.26 Å². The smallest absolute Gasteiger partial charge is 0.0669 e. The standard InChI is InChI=1S/C15H15N3/c1-12(15-4-2-3-11-17-15)18-14-7-5-13(6-8-14)9-10-16/h2-8,11-12,18H,9H2,1H3. The minimum atomic E-state index is 0.160. The van der Waals surface area contributed by atoms with Crippen LogP contribution in [0, 0.1) is 11.3 Å². The summed E-state index contributed by atoms with van der Waals surface area (Å²) < 4.78 is 0. The molecule has 0 aliphatic carbocycles. The Morgan fingerprint density at radius 1 is 1.22 bits per heavy atom. The average Bonchev–Trinajstić information content (AvgIpc) is 2.42. The Balaban J connectivity index is 2.03. The Hall–Kier alpha value is -2.34. The summed E-state index contributed by atoms with van der Waals surface area (Å²) >= 11 is 0. The van der Waals surface area contributed by atoms with E-state index in [1.807, 2.05) is 42.5 Å². The first-order chi connectivity index (χ1) is 8.79. The molecular formula is C15H15N3. The van der Waals surface area contributed by atoms with Gasteiger partial charge in [-0.2, -0.15) is 5.26 Å². The van der Waals surface area contributed by atoms with Crippen LogP contribution < -0.4 is 5.32 Å². The fraction of sp³-hybridized carbons (Fsp3) is 0.200. The van der Waals surface area contributed by atoms with Crippen LogP contribution >= 0.6 is 0 Å². The van der Waals surface area contributed by atoms with E-state index in [9.17, 15) is 0 Å². The summed E-state index contributed by atoms with van der Waals surface area (Å²) in [7, 11) is 0. The number of nitrogens with zero attached hydrogens (tertiary/aromatic N) is 2. The molecule has 0 saturated carbocycles. The Bertz CT molecular complexity index is 526. The summed E-state index contributed by atoms with van der Waals surface area (Å²) in [6.07, 6.45) is 2.25. The van der Waals surface area contributed by atoms with Crippen molar-refractivity contribution >= 4 is 5.69 Å². The van der Waals surface area contributed by atoms with Crippen molar-refractivity contribution in [2.45, 2.75) is 19.4 Å². The Labute approximate surface area is 107 Å². The fourth-order valence-corrected chi connectivity index (χ4v) is 1.77. The van der Waals surface area contributed by atoms with Gasteiger partial charge in [-0.3, -0.25) is 4.98 Å². The monoisotopic (exact) mass is 237 g/mol. The predicted octanol–water partition coefficient (Wildman–Crippen LogP) is 3.32. The zero-order valence-corrected chi connectivity index (χ0v) is 10.3. The summed E-state index contributed by atoms with van der Waals surface area (Å²) in [5.74, 6) is 0. The Morgan fingerprint density at radius 2 is 2.00 bits per heavy atom. The molecule has 1 unspecified atom stereocenters. The van der Waals surface area contributed by atoms with E-state index >= 15 is 0 Å². The van der Waals surface area contributed by atoms with Crippen LogP contribution in [-0.4, -0.2) is 4.98 Å². The van der Waals surface area contributed by atoms with Crippen molar-refractivity contribution in [2.75, 3.05) is 5.32 Å². The maximum absolute atomic E-state index is 8.61. The lowest BCUT2D eigenvalue weighted by Gasteiger charge is -2.14. The van der Waals surface area contributed by atoms with Gasteiger partial charge >= 0.3 is 0 Å². The number of benzene rings is 1. The maximum atomic E-state index is 8.61. The molecule has 0 aliphatic heterocycles. The van der Waals surface area contributed by atoms with E-state index in [1.165, 1.54) is 0 Å². The third kappa shape index (κ3) is 3.08. The zero-order valence-electron chi connectivity index (χ0n) is 10.3. The molecule has 3 nitrogen and oxygen atoms in total. The van der Waals surface area contributed by atoms with Gasteiger partial charge in [0.2, 0.25) is 0 Å². The van der Waals surface area contributed by atoms with E-state index in [0.29, 0.717) is 6.42 Å². The third-order valence-corrected chi connectivity index (χ3v) is 2.75. The minimum absolute atomic E-state index is 0.160. The van der Waals surface area contributed by atoms with Gasteiger partial charge in [-0.15, -0.1) is 0 Å². The van der Waals surface area contributed by atoms with Gasteiger partial charge in [-0.05, 0) is 36.8 Å². The van der Waals surface area contributed by atoms with Gasteiger partial charge in [0.25, 0.3) is 0 Å². The first kappa shape index (κ1) is 12.1. The highest BCUT2D eigenvalue weighted by Crippen LogP contribution is 2.17. The van der Waals surface area contributed by atoms with Crippen LogP contribution in [0.1, 0.15) is 24.2 Å². The van der Waals surface area contributed by atoms with E-state index in [1.54, 1.807) is 6.20 Å². The van der Waals surface area contributed by atoms with Crippen LogP contribution in [0.2, 0.25) is 0 Å². The van der Waals surface area contributed by atoms with Gasteiger partial charge in [0.15, 0.2) is 0 Å². The molecule has 1 aromatic carbocycles. The highest BCUT2D eigenvalue weighted by molar-refractivity contribution is 5.46. The van der Waals surface area contributed by atoms with Gasteiger partial charge in [0.1, 0.15) is 0 Å². The van der Waals surface area contributed by atoms with Crippen LogP contribution in [-0.2, 0) is 6.42 Å². The third-order valence-electron chi connectivity index (χ3n) is 2.75. The zero-order chi connectivity index (χ0) is 12.8. The van der Waals surface area contributed by atoms with Crippen LogP contribution in [0.15, 0.2) is 48.7 Å². The van der Waals surface area contributed by atoms with Crippen molar-refractivity contribution in [3.8, 4) is 6.07 Å². The van der Waals surface area contributed by atoms with Crippen LogP contribution in [0.3, 0.4) is 0 Å². The van der Waals surface area contributed by atoms with Crippen molar-refractivity contribution in [1.82, 2.24) is 4.98 Å². The quantitative estimate of drug-likeness (QED) is 0.887. The van der Waals surface area contributed by atoms with Crippen molar-refractivity contribution in [3.05, 3.63) is 59.9 Å². The van der Waals surface area contributed by atoms with Crippen LogP contribution in [0.4, 0.5) is 5.69 Å². The number of hydrogen-bond acceptors (Lipinski definition) is 3. The van der Waals surface area contributed by atoms with E-state index < -0.39 is 0 Å². The van der Waals surface area contributed by atoms with E-state index in [-0.39, 0.29) is 6.04 Å². The van der Waals surface area contributed by atoms with Gasteiger partial charge < -0.3 is 5.32 Å². The molecule has 0 radical (unpaired) electrons. The number of anilines is 1. The molecule has 1 N–H and O–H groups in total. The summed E-state index contributed by atoms with van der Waals surface area (Å²) in [5, 5.41) is 12.0. The van der Waals surface area contributed by atoms with Crippen LogP contribution in [0.5, 0.6) is 0 Å². The second-order valence-corrected chi connectivity index (χ2v) is 4.15. The number of hydrogen-bond donors (Lipinski definition) is 1. The summed E-state index contributed by atoms with van der Waals surface area (Å²) in [4.78, 5) is 4.32. The van der Waals surface area contributed by atoms with Crippen molar-refractivity contribution in [1.29, 1.82) is 5.26 Å². The molecule has 1 atom stereocenters. The Morgan fingerprint density at radius 3 is 2.61 bits per heavy atom. The summed E-state index contributed by atoms with van der Waals surface area (Å²) in [6, 6.07) is 16.1. The topological polar surface area (TPSA) is 48.7 Å². The SMILES string of the molecule is CC(Nc1ccc(CC#N)cc1)c1ccccn1.